The van der Waals surface area contributed by atoms with Crippen LogP contribution in [0.15, 0.2) is 11.1 Å². The average Bonchev–Trinajstić information content (AvgIpc) is 2.62. The van der Waals surface area contributed by atoms with E-state index in [1.807, 2.05) is 6.92 Å². The van der Waals surface area contributed by atoms with Gasteiger partial charge in [-0.05, 0) is 56.8 Å². The molecule has 4 atom stereocenters. The smallest absolute Gasteiger partial charge is 0.0716 e. The van der Waals surface area contributed by atoms with Crippen molar-refractivity contribution in [1.82, 2.24) is 0 Å². The van der Waals surface area contributed by atoms with E-state index in [9.17, 15) is 0 Å². The number of rotatable bonds is 1. The zero-order valence-corrected chi connectivity index (χ0v) is 11.5. The number of methoxy groups -OCH3 is 1. The van der Waals surface area contributed by atoms with E-state index in [1.54, 1.807) is 5.57 Å². The van der Waals surface area contributed by atoms with E-state index in [0.29, 0.717) is 17.3 Å². The topological polar surface area (TPSA) is 9.23 Å². The van der Waals surface area contributed by atoms with E-state index < -0.39 is 12.6 Å². The van der Waals surface area contributed by atoms with E-state index in [2.05, 4.69) is 20.8 Å². The van der Waals surface area contributed by atoms with Gasteiger partial charge in [-0.25, -0.2) is 0 Å². The molecule has 2 saturated carbocycles. The van der Waals surface area contributed by atoms with Gasteiger partial charge in [-0.2, -0.15) is 0 Å². The van der Waals surface area contributed by atoms with E-state index in [4.69, 9.17) is 8.85 Å². The van der Waals surface area contributed by atoms with Gasteiger partial charge in [-0.15, -0.1) is 0 Å². The minimum atomic E-state index is -2.29. The molecule has 0 N–H and O–H groups in total. The normalized spacial score (nSPS) is 50.8. The summed E-state index contributed by atoms with van der Waals surface area (Å²) in [7, 11) is -2.29. The van der Waals surface area contributed by atoms with Crippen LogP contribution in [0, 0.1) is 23.2 Å². The number of ether oxygens (including phenoxy) is 1. The quantitative estimate of drug-likeness (QED) is 0.622. The van der Waals surface area contributed by atoms with Crippen molar-refractivity contribution < 1.29 is 8.85 Å². The zero-order valence-electron chi connectivity index (χ0n) is 14.5. The Labute approximate surface area is 110 Å². The van der Waals surface area contributed by atoms with Crippen molar-refractivity contribution in [2.24, 2.45) is 23.2 Å². The molecule has 1 heteroatoms. The number of hydrogen-bond donors (Lipinski definition) is 0. The van der Waals surface area contributed by atoms with E-state index >= 15 is 0 Å². The van der Waals surface area contributed by atoms with Crippen LogP contribution in [0.2, 0.25) is 0 Å². The molecule has 0 aromatic heterocycles. The molecule has 0 saturated heterocycles. The summed E-state index contributed by atoms with van der Waals surface area (Å²) < 4.78 is 28.1. The van der Waals surface area contributed by atoms with Gasteiger partial charge in [0.05, 0.1) is 9.71 Å². The Kier molecular flexibility index (Phi) is 1.74. The summed E-state index contributed by atoms with van der Waals surface area (Å²) in [5.74, 6) is 1.69. The lowest BCUT2D eigenvalue weighted by Crippen LogP contribution is -2.37. The van der Waals surface area contributed by atoms with Gasteiger partial charge in [-0.1, -0.05) is 25.0 Å². The maximum absolute atomic E-state index is 7.50. The lowest BCUT2D eigenvalue weighted by molar-refractivity contribution is -0.0395. The second-order valence-corrected chi connectivity index (χ2v) is 7.19. The summed E-state index contributed by atoms with van der Waals surface area (Å²) in [5, 5.41) is 0. The minimum absolute atomic E-state index is 0.305. The van der Waals surface area contributed by atoms with Crippen LogP contribution < -0.4 is 0 Å². The predicted octanol–water partition coefficient (Wildman–Crippen LogP) is 4.18. The summed E-state index contributed by atoms with van der Waals surface area (Å²) in [6, 6.07) is 0. The monoisotopic (exact) mass is 237 g/mol. The third kappa shape index (κ3) is 1.41. The fourth-order valence-corrected chi connectivity index (χ4v) is 4.71. The molecule has 0 aromatic carbocycles. The Hall–Kier alpha value is -0.300. The third-order valence-corrected chi connectivity index (χ3v) is 5.98. The van der Waals surface area contributed by atoms with Crippen LogP contribution in [0.5, 0.6) is 0 Å². The van der Waals surface area contributed by atoms with Crippen molar-refractivity contribution in [2.75, 3.05) is 7.04 Å². The largest absolute Gasteiger partial charge is 0.378 e. The highest BCUT2D eigenvalue weighted by atomic mass is 16.5. The van der Waals surface area contributed by atoms with Crippen LogP contribution >= 0.6 is 0 Å². The lowest BCUT2D eigenvalue weighted by atomic mass is 9.78. The van der Waals surface area contributed by atoms with Gasteiger partial charge >= 0.3 is 0 Å². The highest BCUT2D eigenvalue weighted by Gasteiger charge is 2.64. The van der Waals surface area contributed by atoms with Crippen molar-refractivity contribution in [3.63, 3.8) is 0 Å². The third-order valence-electron chi connectivity index (χ3n) is 5.98. The molecule has 0 aromatic rings. The maximum Gasteiger partial charge on any atom is 0.0716 e. The molecular weight excluding hydrogens is 208 g/mol. The predicted molar refractivity (Wildman–Crippen MR) is 70.8 cm³/mol. The van der Waals surface area contributed by atoms with Crippen LogP contribution in [-0.4, -0.2) is 12.6 Å². The number of hydrogen-bond acceptors (Lipinski definition) is 1. The first-order valence-electron chi connectivity index (χ1n) is 8.46. The molecule has 3 aliphatic rings. The van der Waals surface area contributed by atoms with Crippen LogP contribution in [0.4, 0.5) is 0 Å². The molecule has 0 aliphatic heterocycles. The van der Waals surface area contributed by atoms with E-state index in [-0.39, 0.29) is 0 Å². The molecule has 3 rings (SSSR count). The van der Waals surface area contributed by atoms with Crippen molar-refractivity contribution >= 4 is 0 Å². The standard InChI is InChI=1S/C16H26O/c1-10-6-7-11-13(10)14-12(15(14,2)3)8-9-16(11,4)17-5/h11-12,14H,6-9H2,1-5H3/t11-,12-,14-,16+/m1/s1/i5D3. The Morgan fingerprint density at radius 2 is 2.06 bits per heavy atom. The minimum Gasteiger partial charge on any atom is -0.378 e. The molecule has 0 heterocycles. The lowest BCUT2D eigenvalue weighted by Gasteiger charge is -2.36. The summed E-state index contributed by atoms with van der Waals surface area (Å²) in [5.41, 5.74) is 2.93. The molecule has 0 amide bonds. The molecule has 96 valence electrons. The molecular formula is C16H26O. The van der Waals surface area contributed by atoms with Crippen molar-refractivity contribution in [1.29, 1.82) is 0 Å². The molecule has 1 nitrogen and oxygen atoms in total. The van der Waals surface area contributed by atoms with Crippen molar-refractivity contribution in [2.45, 2.75) is 59.0 Å². The first-order chi connectivity index (χ1) is 9.06. The zero-order chi connectivity index (χ0) is 14.9. The Balaban J connectivity index is 1.96. The van der Waals surface area contributed by atoms with Crippen LogP contribution in [0.3, 0.4) is 0 Å². The van der Waals surface area contributed by atoms with Crippen LogP contribution in [0.1, 0.15) is 57.5 Å². The molecule has 17 heavy (non-hydrogen) atoms. The SMILES string of the molecule is [2H]C([2H])([2H])O[C@@]1(C)CC[C@@H]2[C@H](C3=C(C)CC[C@H]31)C2(C)C. The molecule has 0 spiro atoms. The van der Waals surface area contributed by atoms with Gasteiger partial charge in [0.25, 0.3) is 0 Å². The van der Waals surface area contributed by atoms with Gasteiger partial charge in [0, 0.05) is 13.0 Å². The summed E-state index contributed by atoms with van der Waals surface area (Å²) in [6.45, 7) is 9.00. The Morgan fingerprint density at radius 1 is 1.29 bits per heavy atom. The fraction of sp³-hybridized carbons (Fsp3) is 0.875. The summed E-state index contributed by atoms with van der Waals surface area (Å²) >= 11 is 0. The fourth-order valence-electron chi connectivity index (χ4n) is 4.71. The van der Waals surface area contributed by atoms with Gasteiger partial charge < -0.3 is 4.74 Å². The van der Waals surface area contributed by atoms with E-state index in [0.717, 1.165) is 31.6 Å². The highest BCUT2D eigenvalue weighted by molar-refractivity contribution is 5.36. The van der Waals surface area contributed by atoms with Gasteiger partial charge in [0.1, 0.15) is 0 Å². The molecule has 0 radical (unpaired) electrons. The van der Waals surface area contributed by atoms with Gasteiger partial charge in [-0.3, -0.25) is 0 Å². The van der Waals surface area contributed by atoms with Gasteiger partial charge in [0.2, 0.25) is 0 Å². The Morgan fingerprint density at radius 3 is 2.76 bits per heavy atom. The Bertz CT molecular complexity index is 463. The molecule has 0 bridgehead atoms. The molecule has 0 unspecified atom stereocenters. The first kappa shape index (κ1) is 8.74. The van der Waals surface area contributed by atoms with Crippen LogP contribution in [0.25, 0.3) is 0 Å². The average molecular weight is 237 g/mol. The van der Waals surface area contributed by atoms with Gasteiger partial charge in [0.15, 0.2) is 0 Å². The highest BCUT2D eigenvalue weighted by Crippen LogP contribution is 2.70. The van der Waals surface area contributed by atoms with E-state index in [1.165, 1.54) is 5.57 Å². The molecule has 2 fully saturated rings. The summed E-state index contributed by atoms with van der Waals surface area (Å²) in [4.78, 5) is 0. The number of allylic oxidation sites excluding steroid dienone is 1. The van der Waals surface area contributed by atoms with Crippen LogP contribution in [-0.2, 0) is 4.74 Å². The second kappa shape index (κ2) is 3.38. The number of fused-ring (bicyclic) bond motifs is 3. The van der Waals surface area contributed by atoms with Crippen molar-refractivity contribution in [3.8, 4) is 0 Å². The first-order valence-corrected chi connectivity index (χ1v) is 6.96. The molecule has 3 aliphatic carbocycles. The maximum atomic E-state index is 7.50. The van der Waals surface area contributed by atoms with Crippen molar-refractivity contribution in [3.05, 3.63) is 11.1 Å². The summed E-state index contributed by atoms with van der Waals surface area (Å²) in [6.07, 6.45) is 4.14. The second-order valence-electron chi connectivity index (χ2n) is 7.19.